The molecular formula is C14H12ClF3O3. The van der Waals surface area contributed by atoms with Crippen molar-refractivity contribution < 1.29 is 27.4 Å². The van der Waals surface area contributed by atoms with E-state index in [1.807, 2.05) is 0 Å². The van der Waals surface area contributed by atoms with E-state index in [-0.39, 0.29) is 5.75 Å². The number of carbonyl (C=O) groups is 1. The Morgan fingerprint density at radius 1 is 1.43 bits per heavy atom. The molecule has 0 saturated carbocycles. The van der Waals surface area contributed by atoms with Crippen LogP contribution in [0, 0.1) is 0 Å². The SMILES string of the molecule is CCc1cc(Cl)cc2c1OC(C(F)(F)F)C(C(=O)OC)=C2. The number of aryl methyl sites for hydroxylation is 1. The van der Waals surface area contributed by atoms with Crippen molar-refractivity contribution in [3.63, 3.8) is 0 Å². The maximum absolute atomic E-state index is 13.1. The van der Waals surface area contributed by atoms with Gasteiger partial charge in [-0.15, -0.1) is 0 Å². The first-order chi connectivity index (χ1) is 9.77. The predicted octanol–water partition coefficient (Wildman–Crippen LogP) is 3.78. The third-order valence-corrected chi connectivity index (χ3v) is 3.31. The Balaban J connectivity index is 2.62. The van der Waals surface area contributed by atoms with E-state index >= 15 is 0 Å². The van der Waals surface area contributed by atoms with Gasteiger partial charge in [0.15, 0.2) is 0 Å². The fourth-order valence-corrected chi connectivity index (χ4v) is 2.39. The molecule has 0 fully saturated rings. The van der Waals surface area contributed by atoms with Crippen LogP contribution in [0.4, 0.5) is 13.2 Å². The highest BCUT2D eigenvalue weighted by Gasteiger charge is 2.49. The second kappa shape index (κ2) is 5.60. The zero-order valence-corrected chi connectivity index (χ0v) is 12.0. The van der Waals surface area contributed by atoms with Crippen LogP contribution in [0.5, 0.6) is 5.75 Å². The van der Waals surface area contributed by atoms with Crippen LogP contribution in [0.3, 0.4) is 0 Å². The Kier molecular flexibility index (Phi) is 4.18. The van der Waals surface area contributed by atoms with Crippen molar-refractivity contribution in [1.82, 2.24) is 0 Å². The van der Waals surface area contributed by atoms with Gasteiger partial charge < -0.3 is 9.47 Å². The smallest absolute Gasteiger partial charge is 0.430 e. The van der Waals surface area contributed by atoms with Gasteiger partial charge in [0.1, 0.15) is 5.75 Å². The number of carbonyl (C=O) groups excluding carboxylic acids is 1. The maximum Gasteiger partial charge on any atom is 0.430 e. The number of halogens is 4. The molecule has 1 heterocycles. The average molecular weight is 321 g/mol. The normalized spacial score (nSPS) is 17.6. The summed E-state index contributed by atoms with van der Waals surface area (Å²) in [6.45, 7) is 1.78. The Bertz CT molecular complexity index is 608. The first-order valence-corrected chi connectivity index (χ1v) is 6.51. The van der Waals surface area contributed by atoms with Crippen molar-refractivity contribution in [1.29, 1.82) is 0 Å². The molecule has 0 aromatic heterocycles. The minimum absolute atomic E-state index is 0.0943. The van der Waals surface area contributed by atoms with Crippen molar-refractivity contribution in [2.24, 2.45) is 0 Å². The number of rotatable bonds is 2. The molecule has 0 spiro atoms. The summed E-state index contributed by atoms with van der Waals surface area (Å²) in [5.41, 5.74) is 0.286. The van der Waals surface area contributed by atoms with Crippen molar-refractivity contribution in [3.05, 3.63) is 33.9 Å². The number of alkyl halides is 3. The zero-order valence-electron chi connectivity index (χ0n) is 11.3. The number of ether oxygens (including phenoxy) is 2. The lowest BCUT2D eigenvalue weighted by molar-refractivity contribution is -0.187. The molecule has 2 rings (SSSR count). The highest BCUT2D eigenvalue weighted by atomic mass is 35.5. The summed E-state index contributed by atoms with van der Waals surface area (Å²) < 4.78 is 48.7. The van der Waals surface area contributed by atoms with Crippen LogP contribution >= 0.6 is 11.6 Å². The molecular weight excluding hydrogens is 309 g/mol. The standard InChI is InChI=1S/C14H12ClF3O3/c1-3-7-4-9(15)5-8-6-10(13(19)20-2)12(14(16,17)18)21-11(7)8/h4-6,12H,3H2,1-2H3. The van der Waals surface area contributed by atoms with Gasteiger partial charge in [-0.1, -0.05) is 18.5 Å². The second-order valence-corrected chi connectivity index (χ2v) is 4.90. The van der Waals surface area contributed by atoms with Crippen molar-refractivity contribution in [3.8, 4) is 5.75 Å². The Morgan fingerprint density at radius 3 is 2.62 bits per heavy atom. The predicted molar refractivity (Wildman–Crippen MR) is 71.3 cm³/mol. The minimum Gasteiger partial charge on any atom is -0.475 e. The molecule has 0 bridgehead atoms. The van der Waals surface area contributed by atoms with Gasteiger partial charge in [-0.05, 0) is 30.2 Å². The number of fused-ring (bicyclic) bond motifs is 1. The van der Waals surface area contributed by atoms with Gasteiger partial charge in [0.05, 0.1) is 12.7 Å². The third kappa shape index (κ3) is 3.00. The summed E-state index contributed by atoms with van der Waals surface area (Å²) in [5.74, 6) is -0.988. The monoisotopic (exact) mass is 320 g/mol. The van der Waals surface area contributed by atoms with E-state index in [1.165, 1.54) is 6.07 Å². The minimum atomic E-state index is -4.72. The van der Waals surface area contributed by atoms with Crippen LogP contribution in [0.1, 0.15) is 18.1 Å². The fourth-order valence-electron chi connectivity index (χ4n) is 2.14. The Labute approximate surface area is 124 Å². The topological polar surface area (TPSA) is 35.5 Å². The van der Waals surface area contributed by atoms with Crippen LogP contribution in [0.25, 0.3) is 6.08 Å². The quantitative estimate of drug-likeness (QED) is 0.778. The number of benzene rings is 1. The van der Waals surface area contributed by atoms with Crippen LogP contribution in [-0.2, 0) is 16.0 Å². The summed E-state index contributed by atoms with van der Waals surface area (Å²) in [6, 6.07) is 3.00. The molecule has 0 aliphatic carbocycles. The molecule has 0 amide bonds. The van der Waals surface area contributed by atoms with Crippen molar-refractivity contribution >= 4 is 23.6 Å². The van der Waals surface area contributed by atoms with Crippen LogP contribution in [-0.4, -0.2) is 25.4 Å². The lowest BCUT2D eigenvalue weighted by atomic mass is 9.98. The van der Waals surface area contributed by atoms with E-state index in [9.17, 15) is 18.0 Å². The summed E-state index contributed by atoms with van der Waals surface area (Å²) >= 11 is 5.92. The second-order valence-electron chi connectivity index (χ2n) is 4.47. The summed E-state index contributed by atoms with van der Waals surface area (Å²) in [7, 11) is 1.02. The number of methoxy groups -OCH3 is 1. The van der Waals surface area contributed by atoms with Crippen LogP contribution in [0.15, 0.2) is 17.7 Å². The van der Waals surface area contributed by atoms with E-state index < -0.39 is 23.8 Å². The molecule has 7 heteroatoms. The Morgan fingerprint density at radius 2 is 2.10 bits per heavy atom. The maximum atomic E-state index is 13.1. The van der Waals surface area contributed by atoms with E-state index in [0.29, 0.717) is 22.6 Å². The lowest BCUT2D eigenvalue weighted by Gasteiger charge is -2.29. The summed E-state index contributed by atoms with van der Waals surface area (Å²) in [4.78, 5) is 11.6. The van der Waals surface area contributed by atoms with Gasteiger partial charge in [0.25, 0.3) is 0 Å². The highest BCUT2D eigenvalue weighted by molar-refractivity contribution is 6.30. The van der Waals surface area contributed by atoms with Crippen molar-refractivity contribution in [2.45, 2.75) is 25.6 Å². The highest BCUT2D eigenvalue weighted by Crippen LogP contribution is 2.40. The van der Waals surface area contributed by atoms with Crippen LogP contribution in [0.2, 0.25) is 5.02 Å². The number of hydrogen-bond acceptors (Lipinski definition) is 3. The molecule has 3 nitrogen and oxygen atoms in total. The molecule has 1 unspecified atom stereocenters. The molecule has 21 heavy (non-hydrogen) atoms. The molecule has 1 aromatic rings. The van der Waals surface area contributed by atoms with Gasteiger partial charge in [-0.25, -0.2) is 4.79 Å². The molecule has 1 atom stereocenters. The van der Waals surface area contributed by atoms with Crippen LogP contribution < -0.4 is 4.74 Å². The molecule has 0 N–H and O–H groups in total. The van der Waals surface area contributed by atoms with Gasteiger partial charge in [0.2, 0.25) is 6.10 Å². The zero-order chi connectivity index (χ0) is 15.8. The van der Waals surface area contributed by atoms with E-state index in [1.54, 1.807) is 13.0 Å². The number of hydrogen-bond donors (Lipinski definition) is 0. The number of esters is 1. The van der Waals surface area contributed by atoms with E-state index in [4.69, 9.17) is 16.3 Å². The van der Waals surface area contributed by atoms with Gasteiger partial charge in [-0.2, -0.15) is 13.2 Å². The van der Waals surface area contributed by atoms with Gasteiger partial charge in [0, 0.05) is 10.6 Å². The molecule has 1 aromatic carbocycles. The first kappa shape index (κ1) is 15.7. The Hall–Kier alpha value is -1.69. The average Bonchev–Trinajstić information content (AvgIpc) is 2.42. The lowest BCUT2D eigenvalue weighted by Crippen LogP contribution is -2.40. The summed E-state index contributed by atoms with van der Waals surface area (Å²) in [5, 5.41) is 0.361. The molecule has 114 valence electrons. The van der Waals surface area contributed by atoms with Gasteiger partial charge in [-0.3, -0.25) is 0 Å². The van der Waals surface area contributed by atoms with Gasteiger partial charge >= 0.3 is 12.1 Å². The molecule has 0 saturated heterocycles. The summed E-state index contributed by atoms with van der Waals surface area (Å²) in [6.07, 6.45) is -5.49. The van der Waals surface area contributed by atoms with E-state index in [0.717, 1.165) is 13.2 Å². The largest absolute Gasteiger partial charge is 0.475 e. The first-order valence-electron chi connectivity index (χ1n) is 6.13. The fraction of sp³-hybridized carbons (Fsp3) is 0.357. The third-order valence-electron chi connectivity index (χ3n) is 3.09. The molecule has 1 aliphatic heterocycles. The van der Waals surface area contributed by atoms with Crippen molar-refractivity contribution in [2.75, 3.05) is 7.11 Å². The molecule has 0 radical (unpaired) electrons. The van der Waals surface area contributed by atoms with E-state index in [2.05, 4.69) is 4.74 Å². The molecule has 1 aliphatic rings.